The molecule has 0 heterocycles. The molecule has 1 fully saturated rings. The average molecular weight is 196 g/mol. The van der Waals surface area contributed by atoms with Crippen molar-refractivity contribution in [3.8, 4) is 0 Å². The average Bonchev–Trinajstić information content (AvgIpc) is 2.66. The third-order valence-electron chi connectivity index (χ3n) is 3.66. The summed E-state index contributed by atoms with van der Waals surface area (Å²) in [5.74, 6) is 1.89. The molecule has 0 N–H and O–H groups in total. The molecule has 0 aromatic rings. The molecule has 0 bridgehead atoms. The summed E-state index contributed by atoms with van der Waals surface area (Å²) in [6.07, 6.45) is 9.33. The van der Waals surface area contributed by atoms with Crippen LogP contribution in [-0.2, 0) is 4.79 Å². The molecule has 0 aromatic carbocycles. The largest absolute Gasteiger partial charge is 0.300 e. The van der Waals surface area contributed by atoms with Crippen LogP contribution in [0, 0.1) is 11.8 Å². The molecular weight excluding hydrogens is 172 g/mol. The number of Topliss-reactive ketones (excluding diaryl/α,β-unsaturated/α-hetero) is 1. The highest BCUT2D eigenvalue weighted by Crippen LogP contribution is 2.28. The van der Waals surface area contributed by atoms with Gasteiger partial charge >= 0.3 is 0 Å². The van der Waals surface area contributed by atoms with Crippen LogP contribution in [0.25, 0.3) is 0 Å². The molecule has 1 aliphatic carbocycles. The van der Waals surface area contributed by atoms with Crippen molar-refractivity contribution in [3.63, 3.8) is 0 Å². The third-order valence-corrected chi connectivity index (χ3v) is 3.66. The molecule has 1 rings (SSSR count). The molecule has 82 valence electrons. The smallest absolute Gasteiger partial charge is 0.133 e. The molecule has 0 aromatic heterocycles. The Balaban J connectivity index is 2.20. The summed E-state index contributed by atoms with van der Waals surface area (Å²) in [5, 5.41) is 0. The Morgan fingerprint density at radius 1 is 1.21 bits per heavy atom. The molecule has 0 saturated heterocycles. The lowest BCUT2D eigenvalue weighted by Gasteiger charge is -2.13. The molecule has 14 heavy (non-hydrogen) atoms. The van der Waals surface area contributed by atoms with Crippen LogP contribution in [0.4, 0.5) is 0 Å². The minimum Gasteiger partial charge on any atom is -0.300 e. The summed E-state index contributed by atoms with van der Waals surface area (Å²) in [5.41, 5.74) is 0. The molecule has 1 nitrogen and oxygen atoms in total. The van der Waals surface area contributed by atoms with E-state index in [1.54, 1.807) is 0 Å². The van der Waals surface area contributed by atoms with Crippen LogP contribution in [0.3, 0.4) is 0 Å². The van der Waals surface area contributed by atoms with Gasteiger partial charge in [0.05, 0.1) is 0 Å². The molecule has 0 radical (unpaired) electrons. The normalized spacial score (nSPS) is 17.9. The molecule has 0 atom stereocenters. The zero-order valence-electron chi connectivity index (χ0n) is 9.72. The fourth-order valence-corrected chi connectivity index (χ4v) is 2.52. The zero-order chi connectivity index (χ0) is 10.4. The maximum Gasteiger partial charge on any atom is 0.133 e. The summed E-state index contributed by atoms with van der Waals surface area (Å²) in [6.45, 7) is 4.38. The lowest BCUT2D eigenvalue weighted by atomic mass is 9.92. The summed E-state index contributed by atoms with van der Waals surface area (Å²) in [4.78, 5) is 11.7. The maximum atomic E-state index is 11.7. The van der Waals surface area contributed by atoms with Crippen molar-refractivity contribution in [2.75, 3.05) is 0 Å². The van der Waals surface area contributed by atoms with E-state index in [2.05, 4.69) is 13.8 Å². The van der Waals surface area contributed by atoms with Crippen molar-refractivity contribution in [1.29, 1.82) is 0 Å². The predicted molar refractivity (Wildman–Crippen MR) is 60.3 cm³/mol. The van der Waals surface area contributed by atoms with E-state index in [9.17, 15) is 4.79 Å². The van der Waals surface area contributed by atoms with Gasteiger partial charge in [-0.1, -0.05) is 52.4 Å². The Kier molecular flexibility index (Phi) is 5.21. The first kappa shape index (κ1) is 11.7. The van der Waals surface area contributed by atoms with Crippen molar-refractivity contribution in [2.24, 2.45) is 11.8 Å². The van der Waals surface area contributed by atoms with Gasteiger partial charge in [-0.15, -0.1) is 0 Å². The van der Waals surface area contributed by atoms with Gasteiger partial charge in [-0.05, 0) is 11.8 Å². The number of rotatable bonds is 6. The second kappa shape index (κ2) is 6.21. The van der Waals surface area contributed by atoms with E-state index in [1.165, 1.54) is 25.7 Å². The molecule has 0 amide bonds. The minimum atomic E-state index is 0.519. The number of carbonyl (C=O) groups is 1. The van der Waals surface area contributed by atoms with Gasteiger partial charge in [0.25, 0.3) is 0 Å². The Morgan fingerprint density at radius 3 is 2.29 bits per heavy atom. The van der Waals surface area contributed by atoms with Crippen LogP contribution < -0.4 is 0 Å². The Bertz CT molecular complexity index is 158. The van der Waals surface area contributed by atoms with Crippen molar-refractivity contribution >= 4 is 5.78 Å². The monoisotopic (exact) mass is 196 g/mol. The Labute approximate surface area is 88.3 Å². The quantitative estimate of drug-likeness (QED) is 0.628. The predicted octanol–water partition coefficient (Wildman–Crippen LogP) is 3.96. The van der Waals surface area contributed by atoms with Crippen LogP contribution in [0.1, 0.15) is 65.2 Å². The second-order valence-corrected chi connectivity index (χ2v) is 4.78. The van der Waals surface area contributed by atoms with Gasteiger partial charge in [0.15, 0.2) is 0 Å². The lowest BCUT2D eigenvalue weighted by molar-refractivity contribution is -0.120. The van der Waals surface area contributed by atoms with E-state index in [4.69, 9.17) is 0 Å². The molecule has 0 spiro atoms. The van der Waals surface area contributed by atoms with Gasteiger partial charge in [0.1, 0.15) is 5.78 Å². The summed E-state index contributed by atoms with van der Waals surface area (Å²) in [7, 11) is 0. The number of carbonyl (C=O) groups excluding carboxylic acids is 1. The van der Waals surface area contributed by atoms with E-state index < -0.39 is 0 Å². The molecule has 1 saturated carbocycles. The van der Waals surface area contributed by atoms with Gasteiger partial charge in [0, 0.05) is 12.8 Å². The second-order valence-electron chi connectivity index (χ2n) is 4.78. The first-order chi connectivity index (χ1) is 6.76. The molecule has 0 unspecified atom stereocenters. The van der Waals surface area contributed by atoms with Gasteiger partial charge < -0.3 is 0 Å². The number of hydrogen-bond acceptors (Lipinski definition) is 1. The van der Waals surface area contributed by atoms with E-state index in [0.717, 1.165) is 31.6 Å². The van der Waals surface area contributed by atoms with E-state index in [1.807, 2.05) is 0 Å². The summed E-state index contributed by atoms with van der Waals surface area (Å²) >= 11 is 0. The zero-order valence-corrected chi connectivity index (χ0v) is 9.72. The standard InChI is InChI=1S/C13H24O/c1-3-11(4-2)9-13(14)10-12-7-5-6-8-12/h11-12H,3-10H2,1-2H3. The first-order valence-corrected chi connectivity index (χ1v) is 6.27. The van der Waals surface area contributed by atoms with Crippen LogP contribution in [-0.4, -0.2) is 5.78 Å². The molecule has 1 aliphatic rings. The molecular formula is C13H24O. The Morgan fingerprint density at radius 2 is 1.79 bits per heavy atom. The molecule has 1 heteroatoms. The Hall–Kier alpha value is -0.330. The highest BCUT2D eigenvalue weighted by Gasteiger charge is 2.19. The lowest BCUT2D eigenvalue weighted by Crippen LogP contribution is -2.10. The number of ketones is 1. The topological polar surface area (TPSA) is 17.1 Å². The van der Waals surface area contributed by atoms with Gasteiger partial charge in [-0.3, -0.25) is 4.79 Å². The van der Waals surface area contributed by atoms with Crippen molar-refractivity contribution in [2.45, 2.75) is 65.2 Å². The van der Waals surface area contributed by atoms with Gasteiger partial charge in [-0.25, -0.2) is 0 Å². The molecule has 0 aliphatic heterocycles. The van der Waals surface area contributed by atoms with E-state index in [-0.39, 0.29) is 0 Å². The third kappa shape index (κ3) is 3.81. The fourth-order valence-electron chi connectivity index (χ4n) is 2.52. The van der Waals surface area contributed by atoms with Crippen LogP contribution >= 0.6 is 0 Å². The van der Waals surface area contributed by atoms with Gasteiger partial charge in [-0.2, -0.15) is 0 Å². The summed E-state index contributed by atoms with van der Waals surface area (Å²) < 4.78 is 0. The van der Waals surface area contributed by atoms with Gasteiger partial charge in [0.2, 0.25) is 0 Å². The van der Waals surface area contributed by atoms with Crippen molar-refractivity contribution in [3.05, 3.63) is 0 Å². The SMILES string of the molecule is CCC(CC)CC(=O)CC1CCCC1. The number of hydrogen-bond donors (Lipinski definition) is 0. The highest BCUT2D eigenvalue weighted by molar-refractivity contribution is 5.78. The summed E-state index contributed by atoms with van der Waals surface area (Å²) in [6, 6.07) is 0. The van der Waals surface area contributed by atoms with Crippen molar-refractivity contribution < 1.29 is 4.79 Å². The van der Waals surface area contributed by atoms with Crippen LogP contribution in [0.5, 0.6) is 0 Å². The van der Waals surface area contributed by atoms with E-state index >= 15 is 0 Å². The van der Waals surface area contributed by atoms with Crippen molar-refractivity contribution in [1.82, 2.24) is 0 Å². The van der Waals surface area contributed by atoms with E-state index in [0.29, 0.717) is 11.7 Å². The van der Waals surface area contributed by atoms with Crippen LogP contribution in [0.2, 0.25) is 0 Å². The minimum absolute atomic E-state index is 0.519. The van der Waals surface area contributed by atoms with Crippen LogP contribution in [0.15, 0.2) is 0 Å². The highest BCUT2D eigenvalue weighted by atomic mass is 16.1. The maximum absolute atomic E-state index is 11.7. The first-order valence-electron chi connectivity index (χ1n) is 6.27. The fraction of sp³-hybridized carbons (Fsp3) is 0.923.